The van der Waals surface area contributed by atoms with Crippen molar-refractivity contribution in [2.45, 2.75) is 0 Å². The number of pyridine rings is 1. The van der Waals surface area contributed by atoms with E-state index in [0.29, 0.717) is 5.69 Å². The molecule has 1 heterocycles. The summed E-state index contributed by atoms with van der Waals surface area (Å²) >= 11 is 0. The molecule has 74 valence electrons. The Hall–Kier alpha value is -1.96. The number of carbonyl (C=O) groups is 1. The van der Waals surface area contributed by atoms with Crippen LogP contribution in [0.5, 0.6) is 5.88 Å². The van der Waals surface area contributed by atoms with Crippen LogP contribution < -0.4 is 10.5 Å². The van der Waals surface area contributed by atoms with E-state index >= 15 is 0 Å². The van der Waals surface area contributed by atoms with Crippen molar-refractivity contribution in [2.75, 3.05) is 5.73 Å². The van der Waals surface area contributed by atoms with Crippen molar-refractivity contribution in [1.82, 2.24) is 4.98 Å². The summed E-state index contributed by atoms with van der Waals surface area (Å²) in [6.07, 6.45) is 0.0444. The number of nitrogen functional groups attached to an aromatic ring is 1. The van der Waals surface area contributed by atoms with Gasteiger partial charge in [0.05, 0.1) is 0 Å². The molecule has 7 nitrogen and oxygen atoms in total. The van der Waals surface area contributed by atoms with E-state index in [9.17, 15) is 13.2 Å². The zero-order valence-electron chi connectivity index (χ0n) is 6.75. The molecule has 0 fully saturated rings. The summed E-state index contributed by atoms with van der Waals surface area (Å²) < 4.78 is 26.9. The van der Waals surface area contributed by atoms with Crippen LogP contribution in [0.4, 0.5) is 10.5 Å². The van der Waals surface area contributed by atoms with Gasteiger partial charge in [-0.2, -0.15) is 8.42 Å². The van der Waals surface area contributed by atoms with Crippen LogP contribution in [-0.2, 0) is 10.5 Å². The van der Waals surface area contributed by atoms with Crippen LogP contribution in [0.15, 0.2) is 22.7 Å². The molecule has 0 aliphatic heterocycles. The third kappa shape index (κ3) is 3.19. The van der Waals surface area contributed by atoms with E-state index in [1.165, 1.54) is 18.3 Å². The van der Waals surface area contributed by atoms with Gasteiger partial charge in [0.25, 0.3) is 0 Å². The second-order valence-corrected chi connectivity index (χ2v) is 2.72. The Morgan fingerprint density at radius 2 is 2.29 bits per heavy atom. The molecule has 0 atom stereocenters. The first-order chi connectivity index (χ1) is 6.58. The Bertz CT molecular complexity index is 474. The number of ether oxygens (including phenoxy) is 1. The number of anilines is 1. The number of hydrogen-bond donors (Lipinski definition) is 1. The zero-order chi connectivity index (χ0) is 10.6. The van der Waals surface area contributed by atoms with E-state index in [2.05, 4.69) is 14.1 Å². The molecular formula is C6H5N3O4S. The molecule has 0 aliphatic carbocycles. The van der Waals surface area contributed by atoms with Crippen LogP contribution in [-0.4, -0.2) is 19.5 Å². The maximum Gasteiger partial charge on any atom is 0.455 e. The number of carbonyl (C=O) groups excluding carboxylic acids is 1. The van der Waals surface area contributed by atoms with Gasteiger partial charge in [0.15, 0.2) is 0 Å². The van der Waals surface area contributed by atoms with Crippen LogP contribution in [0.2, 0.25) is 0 Å². The molecule has 0 saturated carbocycles. The topological polar surface area (TPSA) is 112 Å². The van der Waals surface area contributed by atoms with E-state index in [-0.39, 0.29) is 5.88 Å². The molecule has 0 aromatic carbocycles. The minimum absolute atomic E-state index is 0.107. The van der Waals surface area contributed by atoms with Crippen LogP contribution in [0, 0.1) is 0 Å². The van der Waals surface area contributed by atoms with Gasteiger partial charge in [-0.3, -0.25) is 0 Å². The SMILES string of the molecule is Nc1ccnc(OC(=O)N=S(=O)=O)c1. The largest absolute Gasteiger partial charge is 0.455 e. The van der Waals surface area contributed by atoms with Crippen LogP contribution in [0.25, 0.3) is 0 Å². The third-order valence-electron chi connectivity index (χ3n) is 1.10. The molecule has 8 heteroatoms. The van der Waals surface area contributed by atoms with Gasteiger partial charge < -0.3 is 10.5 Å². The highest BCUT2D eigenvalue weighted by atomic mass is 32.2. The van der Waals surface area contributed by atoms with Crippen LogP contribution in [0.3, 0.4) is 0 Å². The molecule has 0 unspecified atom stereocenters. The molecule has 1 aromatic rings. The standard InChI is InChI=1S/C6H5N3O4S/c7-4-1-2-8-5(3-4)13-6(10)9-14(11)12/h1-3H,(H2,7,8). The zero-order valence-corrected chi connectivity index (χ0v) is 7.56. The second kappa shape index (κ2) is 4.33. The first kappa shape index (κ1) is 10.1. The van der Waals surface area contributed by atoms with Gasteiger partial charge in [-0.15, -0.1) is 0 Å². The number of rotatable bonds is 1. The normalized spacial score (nSPS) is 9.14. The summed E-state index contributed by atoms with van der Waals surface area (Å²) in [6.45, 7) is 0. The molecule has 0 saturated heterocycles. The lowest BCUT2D eigenvalue weighted by atomic mass is 10.4. The molecular weight excluding hydrogens is 210 g/mol. The lowest BCUT2D eigenvalue weighted by molar-refractivity contribution is 0.210. The first-order valence-corrected chi connectivity index (χ1v) is 4.35. The summed E-state index contributed by atoms with van der Waals surface area (Å²) in [6, 6.07) is 2.75. The summed E-state index contributed by atoms with van der Waals surface area (Å²) in [7, 11) is -2.83. The highest BCUT2D eigenvalue weighted by molar-refractivity contribution is 7.62. The molecule has 14 heavy (non-hydrogen) atoms. The van der Waals surface area contributed by atoms with Gasteiger partial charge in [-0.1, -0.05) is 4.36 Å². The molecule has 0 aliphatic rings. The van der Waals surface area contributed by atoms with Gasteiger partial charge in [0.1, 0.15) is 0 Å². The Morgan fingerprint density at radius 3 is 2.86 bits per heavy atom. The average molecular weight is 215 g/mol. The van der Waals surface area contributed by atoms with E-state index in [1.807, 2.05) is 0 Å². The van der Waals surface area contributed by atoms with Crippen molar-refractivity contribution in [3.8, 4) is 5.88 Å². The van der Waals surface area contributed by atoms with Crippen LogP contribution in [0.1, 0.15) is 0 Å². The van der Waals surface area contributed by atoms with Gasteiger partial charge in [0, 0.05) is 18.0 Å². The van der Waals surface area contributed by atoms with Gasteiger partial charge >= 0.3 is 16.6 Å². The van der Waals surface area contributed by atoms with Gasteiger partial charge in [-0.05, 0) is 6.07 Å². The molecule has 0 bridgehead atoms. The predicted octanol–water partition coefficient (Wildman–Crippen LogP) is 0.225. The fraction of sp³-hybridized carbons (Fsp3) is 0. The maximum absolute atomic E-state index is 10.7. The number of amides is 1. The number of nitrogens with two attached hydrogens (primary N) is 1. The molecule has 1 amide bonds. The molecule has 2 N–H and O–H groups in total. The minimum Gasteiger partial charge on any atom is -0.399 e. The monoisotopic (exact) mass is 215 g/mol. The lowest BCUT2D eigenvalue weighted by Gasteiger charge is -1.97. The van der Waals surface area contributed by atoms with Crippen molar-refractivity contribution in [2.24, 2.45) is 4.36 Å². The number of aromatic nitrogens is 1. The maximum atomic E-state index is 10.7. The Kier molecular flexibility index (Phi) is 3.13. The van der Waals surface area contributed by atoms with Crippen molar-refractivity contribution >= 4 is 22.3 Å². The summed E-state index contributed by atoms with van der Waals surface area (Å²) in [4.78, 5) is 14.3. The highest BCUT2D eigenvalue weighted by Crippen LogP contribution is 2.10. The Labute approximate surface area is 80.2 Å². The summed E-state index contributed by atoms with van der Waals surface area (Å²) in [5.74, 6) is -0.107. The fourth-order valence-corrected chi connectivity index (χ4v) is 0.808. The third-order valence-corrected chi connectivity index (χ3v) is 1.40. The molecule has 0 radical (unpaired) electrons. The first-order valence-electron chi connectivity index (χ1n) is 3.32. The Balaban J connectivity index is 2.80. The van der Waals surface area contributed by atoms with Crippen molar-refractivity contribution in [1.29, 1.82) is 0 Å². The van der Waals surface area contributed by atoms with Crippen molar-refractivity contribution in [3.63, 3.8) is 0 Å². The van der Waals surface area contributed by atoms with E-state index in [1.54, 1.807) is 0 Å². The van der Waals surface area contributed by atoms with E-state index in [4.69, 9.17) is 5.73 Å². The predicted molar refractivity (Wildman–Crippen MR) is 46.0 cm³/mol. The van der Waals surface area contributed by atoms with Crippen molar-refractivity contribution < 1.29 is 17.9 Å². The van der Waals surface area contributed by atoms with Crippen molar-refractivity contribution in [3.05, 3.63) is 18.3 Å². The quantitative estimate of drug-likeness (QED) is 0.717. The lowest BCUT2D eigenvalue weighted by Crippen LogP contribution is -2.03. The smallest absolute Gasteiger partial charge is 0.399 e. The number of hydrogen-bond acceptors (Lipinski definition) is 6. The molecule has 1 rings (SSSR count). The summed E-state index contributed by atoms with van der Waals surface area (Å²) in [5.41, 5.74) is 5.69. The van der Waals surface area contributed by atoms with Gasteiger partial charge in [-0.25, -0.2) is 9.78 Å². The highest BCUT2D eigenvalue weighted by Gasteiger charge is 2.03. The summed E-state index contributed by atoms with van der Waals surface area (Å²) in [5, 5.41) is 0. The van der Waals surface area contributed by atoms with Crippen LogP contribution >= 0.6 is 0 Å². The van der Waals surface area contributed by atoms with Gasteiger partial charge in [0.2, 0.25) is 5.88 Å². The van der Waals surface area contributed by atoms with E-state index < -0.39 is 16.6 Å². The molecule has 1 aromatic heterocycles. The average Bonchev–Trinajstić information content (AvgIpc) is 2.01. The number of nitrogens with zero attached hydrogens (tertiary/aromatic N) is 2. The fourth-order valence-electron chi connectivity index (χ4n) is 0.650. The minimum atomic E-state index is -2.83. The molecule has 0 spiro atoms. The van der Waals surface area contributed by atoms with E-state index in [0.717, 1.165) is 0 Å². The Morgan fingerprint density at radius 1 is 1.57 bits per heavy atom. The second-order valence-electron chi connectivity index (χ2n) is 2.10.